The molecule has 6 nitrogen and oxygen atoms in total. The van der Waals surface area contributed by atoms with Gasteiger partial charge in [-0.1, -0.05) is 323 Å². The highest BCUT2D eigenvalue weighted by Crippen LogP contribution is 2.18. The van der Waals surface area contributed by atoms with Gasteiger partial charge in [-0.25, -0.2) is 0 Å². The third kappa shape index (κ3) is 55.3. The second kappa shape index (κ2) is 58.0. The van der Waals surface area contributed by atoms with Crippen LogP contribution in [0.4, 0.5) is 0 Å². The van der Waals surface area contributed by atoms with Gasteiger partial charge >= 0.3 is 17.9 Å². The largest absolute Gasteiger partial charge is 0.462 e. The number of esters is 3. The minimum Gasteiger partial charge on any atom is -0.462 e. The Balaban J connectivity index is 4.24. The fourth-order valence-electron chi connectivity index (χ4n) is 9.68. The smallest absolute Gasteiger partial charge is 0.306 e. The van der Waals surface area contributed by atoms with Crippen molar-refractivity contribution in [1.29, 1.82) is 0 Å². The molecule has 0 bridgehead atoms. The van der Waals surface area contributed by atoms with Gasteiger partial charge in [-0.05, 0) is 19.3 Å². The van der Waals surface area contributed by atoms with Crippen molar-refractivity contribution in [3.63, 3.8) is 0 Å². The van der Waals surface area contributed by atoms with Crippen LogP contribution in [0, 0.1) is 0 Å². The Labute approximate surface area is 425 Å². The van der Waals surface area contributed by atoms with Crippen LogP contribution in [0.5, 0.6) is 0 Å². The molecule has 6 heteroatoms. The van der Waals surface area contributed by atoms with Gasteiger partial charge < -0.3 is 14.2 Å². The Bertz CT molecular complexity index is 1010. The first-order chi connectivity index (χ1) is 33.5. The molecular weight excluding hydrogens is 841 g/mol. The van der Waals surface area contributed by atoms with Crippen LogP contribution in [0.15, 0.2) is 0 Å². The van der Waals surface area contributed by atoms with Gasteiger partial charge in [-0.2, -0.15) is 0 Å². The molecule has 0 heterocycles. The molecule has 0 saturated carbocycles. The quantitative estimate of drug-likeness (QED) is 0.0343. The Morgan fingerprint density at radius 2 is 0.397 bits per heavy atom. The fraction of sp³-hybridized carbons (Fsp3) is 0.952. The SMILES string of the molecule is CCCCCCCCCCCCCCCCCCCCCC(=O)OCC(COC(=O)CCCCCCCCCCCCCC)OC(=O)CCCCCCCCCCCCCCCCCCCCC. The van der Waals surface area contributed by atoms with E-state index in [2.05, 4.69) is 20.8 Å². The average Bonchev–Trinajstić information content (AvgIpc) is 3.34. The summed E-state index contributed by atoms with van der Waals surface area (Å²) in [5.74, 6) is -0.828. The van der Waals surface area contributed by atoms with Gasteiger partial charge in [0.1, 0.15) is 13.2 Å². The molecule has 0 aliphatic carbocycles. The molecule has 0 aliphatic rings. The Morgan fingerprint density at radius 3 is 0.588 bits per heavy atom. The minimum absolute atomic E-state index is 0.0607. The molecule has 0 aliphatic heterocycles. The fourth-order valence-corrected chi connectivity index (χ4v) is 9.68. The van der Waals surface area contributed by atoms with E-state index >= 15 is 0 Å². The molecule has 0 spiro atoms. The van der Waals surface area contributed by atoms with Crippen molar-refractivity contribution >= 4 is 17.9 Å². The summed E-state index contributed by atoms with van der Waals surface area (Å²) in [6, 6.07) is 0. The normalized spacial score (nSPS) is 11.9. The first kappa shape index (κ1) is 66.4. The summed E-state index contributed by atoms with van der Waals surface area (Å²) in [7, 11) is 0. The highest BCUT2D eigenvalue weighted by atomic mass is 16.6. The van der Waals surface area contributed by atoms with Crippen molar-refractivity contribution < 1.29 is 28.6 Å². The van der Waals surface area contributed by atoms with Gasteiger partial charge in [0.25, 0.3) is 0 Å². The third-order valence-corrected chi connectivity index (χ3v) is 14.4. The van der Waals surface area contributed by atoms with E-state index in [0.29, 0.717) is 19.3 Å². The van der Waals surface area contributed by atoms with Crippen molar-refractivity contribution in [3.8, 4) is 0 Å². The summed E-state index contributed by atoms with van der Waals surface area (Å²) in [5.41, 5.74) is 0. The zero-order valence-electron chi connectivity index (χ0n) is 46.4. The predicted molar refractivity (Wildman–Crippen MR) is 294 cm³/mol. The summed E-state index contributed by atoms with van der Waals surface area (Å²) < 4.78 is 16.9. The van der Waals surface area contributed by atoms with Crippen LogP contribution in [-0.4, -0.2) is 37.2 Å². The van der Waals surface area contributed by atoms with E-state index in [9.17, 15) is 14.4 Å². The summed E-state index contributed by atoms with van der Waals surface area (Å²) >= 11 is 0. The van der Waals surface area contributed by atoms with Gasteiger partial charge in [-0.3, -0.25) is 14.4 Å². The first-order valence-corrected chi connectivity index (χ1v) is 31.0. The molecule has 0 aromatic rings. The highest BCUT2D eigenvalue weighted by molar-refractivity contribution is 5.71. The van der Waals surface area contributed by atoms with Crippen LogP contribution in [0.25, 0.3) is 0 Å². The number of rotatable bonds is 58. The molecule has 0 rings (SSSR count). The maximum absolute atomic E-state index is 12.9. The third-order valence-electron chi connectivity index (χ3n) is 14.4. The Kier molecular flexibility index (Phi) is 56.6. The number of hydrogen-bond acceptors (Lipinski definition) is 6. The van der Waals surface area contributed by atoms with Crippen LogP contribution >= 0.6 is 0 Å². The van der Waals surface area contributed by atoms with E-state index in [1.54, 1.807) is 0 Å². The lowest BCUT2D eigenvalue weighted by molar-refractivity contribution is -0.167. The number of unbranched alkanes of at least 4 members (excludes halogenated alkanes) is 47. The van der Waals surface area contributed by atoms with E-state index in [4.69, 9.17) is 14.2 Å². The molecule has 1 atom stereocenters. The molecule has 0 amide bonds. The Morgan fingerprint density at radius 1 is 0.235 bits per heavy atom. The molecule has 404 valence electrons. The van der Waals surface area contributed by atoms with Crippen molar-refractivity contribution in [3.05, 3.63) is 0 Å². The zero-order chi connectivity index (χ0) is 49.3. The molecule has 0 fully saturated rings. The summed E-state index contributed by atoms with van der Waals surface area (Å²) in [6.07, 6.45) is 65.3. The van der Waals surface area contributed by atoms with E-state index in [1.165, 1.54) is 263 Å². The van der Waals surface area contributed by atoms with Crippen molar-refractivity contribution in [1.82, 2.24) is 0 Å². The van der Waals surface area contributed by atoms with E-state index in [-0.39, 0.29) is 31.1 Å². The van der Waals surface area contributed by atoms with Crippen LogP contribution in [0.1, 0.15) is 361 Å². The molecule has 0 saturated heterocycles. The zero-order valence-corrected chi connectivity index (χ0v) is 46.4. The van der Waals surface area contributed by atoms with Crippen LogP contribution in [0.2, 0.25) is 0 Å². The summed E-state index contributed by atoms with van der Waals surface area (Å²) in [4.78, 5) is 38.2. The second-order valence-corrected chi connectivity index (χ2v) is 21.3. The lowest BCUT2D eigenvalue weighted by atomic mass is 10.0. The first-order valence-electron chi connectivity index (χ1n) is 31.0. The minimum atomic E-state index is -0.761. The second-order valence-electron chi connectivity index (χ2n) is 21.3. The highest BCUT2D eigenvalue weighted by Gasteiger charge is 2.19. The van der Waals surface area contributed by atoms with Crippen molar-refractivity contribution in [2.24, 2.45) is 0 Å². The number of hydrogen-bond donors (Lipinski definition) is 0. The molecule has 1 unspecified atom stereocenters. The summed E-state index contributed by atoms with van der Waals surface area (Å²) in [5, 5.41) is 0. The van der Waals surface area contributed by atoms with Gasteiger partial charge in [0.15, 0.2) is 6.10 Å². The summed E-state index contributed by atoms with van der Waals surface area (Å²) in [6.45, 7) is 6.72. The van der Waals surface area contributed by atoms with Crippen molar-refractivity contribution in [2.75, 3.05) is 13.2 Å². The van der Waals surface area contributed by atoms with E-state index in [0.717, 1.165) is 57.8 Å². The molecule has 0 aromatic carbocycles. The topological polar surface area (TPSA) is 78.9 Å². The van der Waals surface area contributed by atoms with Gasteiger partial charge in [0, 0.05) is 19.3 Å². The molecule has 0 aromatic heterocycles. The van der Waals surface area contributed by atoms with E-state index in [1.807, 2.05) is 0 Å². The van der Waals surface area contributed by atoms with Crippen LogP contribution in [-0.2, 0) is 28.6 Å². The number of ether oxygens (including phenoxy) is 3. The molecule has 0 radical (unpaired) electrons. The number of carbonyl (C=O) groups excluding carboxylic acids is 3. The van der Waals surface area contributed by atoms with Gasteiger partial charge in [0.05, 0.1) is 0 Å². The standard InChI is InChI=1S/C62H120O6/c1-4-7-10-13-16-19-22-25-27-29-31-33-35-37-40-43-46-49-52-55-61(64)67-58-59(57-66-60(63)54-51-48-45-42-39-24-21-18-15-12-9-6-3)68-62(65)56-53-50-47-44-41-38-36-34-32-30-28-26-23-20-17-14-11-8-5-2/h59H,4-58H2,1-3H3. The van der Waals surface area contributed by atoms with Crippen LogP contribution < -0.4 is 0 Å². The Hall–Kier alpha value is -1.59. The molecule has 0 N–H and O–H groups in total. The van der Waals surface area contributed by atoms with E-state index < -0.39 is 6.10 Å². The lowest BCUT2D eigenvalue weighted by Gasteiger charge is -2.18. The maximum Gasteiger partial charge on any atom is 0.306 e. The monoisotopic (exact) mass is 961 g/mol. The average molecular weight is 962 g/mol. The molecule has 68 heavy (non-hydrogen) atoms. The molecular formula is C62H120O6. The predicted octanol–water partition coefficient (Wildman–Crippen LogP) is 20.7. The van der Waals surface area contributed by atoms with Gasteiger partial charge in [-0.15, -0.1) is 0 Å². The number of carbonyl (C=O) groups is 3. The van der Waals surface area contributed by atoms with Crippen LogP contribution in [0.3, 0.4) is 0 Å². The van der Waals surface area contributed by atoms with Crippen molar-refractivity contribution in [2.45, 2.75) is 367 Å². The lowest BCUT2D eigenvalue weighted by Crippen LogP contribution is -2.30. The van der Waals surface area contributed by atoms with Gasteiger partial charge in [0.2, 0.25) is 0 Å². The maximum atomic E-state index is 12.9.